The Balaban J connectivity index is 1.69. The van der Waals surface area contributed by atoms with Gasteiger partial charge in [-0.2, -0.15) is 4.98 Å². The lowest BCUT2D eigenvalue weighted by atomic mass is 10.00. The summed E-state index contributed by atoms with van der Waals surface area (Å²) in [5.74, 6) is 0.187. The van der Waals surface area contributed by atoms with E-state index < -0.39 is 6.36 Å². The lowest BCUT2D eigenvalue weighted by molar-refractivity contribution is -0.274. The second kappa shape index (κ2) is 10.8. The van der Waals surface area contributed by atoms with Gasteiger partial charge in [-0.1, -0.05) is 79.4 Å². The first-order valence-corrected chi connectivity index (χ1v) is 10.8. The third-order valence-electron chi connectivity index (χ3n) is 5.05. The number of pyridine rings is 1. The highest BCUT2D eigenvalue weighted by atomic mass is 19.4. The molecule has 0 fully saturated rings. The quantitative estimate of drug-likeness (QED) is 0.251. The first kappa shape index (κ1) is 23.9. The number of halogens is 3. The molecule has 0 spiro atoms. The van der Waals surface area contributed by atoms with Gasteiger partial charge in [0, 0.05) is 11.6 Å². The molecule has 4 aromatic rings. The SMILES string of the molecule is C=Cc1ccc(OC(F)(F)F)cc1-c1ccc(OCc2ccccc2)nc1OCc1ccccc1. The van der Waals surface area contributed by atoms with Crippen molar-refractivity contribution >= 4 is 6.08 Å². The zero-order valence-corrected chi connectivity index (χ0v) is 18.7. The Hall–Kier alpha value is -4.26. The van der Waals surface area contributed by atoms with Gasteiger partial charge in [-0.15, -0.1) is 13.2 Å². The maximum Gasteiger partial charge on any atom is 0.573 e. The molecule has 4 rings (SSSR count). The van der Waals surface area contributed by atoms with Crippen molar-refractivity contribution in [3.63, 3.8) is 0 Å². The maximum absolute atomic E-state index is 12.8. The minimum atomic E-state index is -4.81. The van der Waals surface area contributed by atoms with E-state index in [-0.39, 0.29) is 18.2 Å². The van der Waals surface area contributed by atoms with Crippen molar-refractivity contribution in [3.8, 4) is 28.6 Å². The van der Waals surface area contributed by atoms with E-state index in [0.717, 1.165) is 11.1 Å². The zero-order chi connectivity index (χ0) is 24.7. The molecule has 178 valence electrons. The summed E-state index contributed by atoms with van der Waals surface area (Å²) in [5, 5.41) is 0. The van der Waals surface area contributed by atoms with Gasteiger partial charge >= 0.3 is 6.36 Å². The van der Waals surface area contributed by atoms with Crippen molar-refractivity contribution in [1.29, 1.82) is 0 Å². The third-order valence-corrected chi connectivity index (χ3v) is 5.05. The number of hydrogen-bond donors (Lipinski definition) is 0. The summed E-state index contributed by atoms with van der Waals surface area (Å²) < 4.78 is 54.5. The molecule has 0 aliphatic heterocycles. The number of hydrogen-bond acceptors (Lipinski definition) is 4. The topological polar surface area (TPSA) is 40.6 Å². The van der Waals surface area contributed by atoms with Crippen molar-refractivity contribution in [2.75, 3.05) is 0 Å². The van der Waals surface area contributed by atoms with Gasteiger partial charge in [-0.05, 0) is 40.5 Å². The van der Waals surface area contributed by atoms with E-state index in [9.17, 15) is 13.2 Å². The molecule has 1 aromatic heterocycles. The highest BCUT2D eigenvalue weighted by Crippen LogP contribution is 2.37. The Morgan fingerprint density at radius 1 is 0.743 bits per heavy atom. The summed E-state index contributed by atoms with van der Waals surface area (Å²) >= 11 is 0. The summed E-state index contributed by atoms with van der Waals surface area (Å²) in [7, 11) is 0. The van der Waals surface area contributed by atoms with Crippen LogP contribution in [-0.4, -0.2) is 11.3 Å². The molecule has 7 heteroatoms. The molecule has 0 bridgehead atoms. The minimum Gasteiger partial charge on any atom is -0.473 e. The summed E-state index contributed by atoms with van der Waals surface area (Å²) in [6.45, 7) is 4.29. The predicted octanol–water partition coefficient (Wildman–Crippen LogP) is 7.45. The van der Waals surface area contributed by atoms with Gasteiger partial charge in [-0.25, -0.2) is 0 Å². The van der Waals surface area contributed by atoms with Crippen LogP contribution in [0.3, 0.4) is 0 Å². The molecule has 0 amide bonds. The summed E-state index contributed by atoms with van der Waals surface area (Å²) in [6.07, 6.45) is -3.26. The monoisotopic (exact) mass is 477 g/mol. The van der Waals surface area contributed by atoms with Crippen LogP contribution in [0.25, 0.3) is 17.2 Å². The van der Waals surface area contributed by atoms with Gasteiger partial charge in [0.2, 0.25) is 11.8 Å². The molecule has 1 heterocycles. The predicted molar refractivity (Wildman–Crippen MR) is 128 cm³/mol. The number of aromatic nitrogens is 1. The van der Waals surface area contributed by atoms with Gasteiger partial charge in [-0.3, -0.25) is 0 Å². The molecule has 3 aromatic carbocycles. The molecule has 35 heavy (non-hydrogen) atoms. The summed E-state index contributed by atoms with van der Waals surface area (Å²) in [4.78, 5) is 4.52. The van der Waals surface area contributed by atoms with E-state index in [1.54, 1.807) is 18.2 Å². The second-order valence-corrected chi connectivity index (χ2v) is 7.55. The second-order valence-electron chi connectivity index (χ2n) is 7.55. The van der Waals surface area contributed by atoms with Crippen LogP contribution >= 0.6 is 0 Å². The van der Waals surface area contributed by atoms with Gasteiger partial charge in [0.1, 0.15) is 19.0 Å². The molecule has 0 atom stereocenters. The Kier molecular flexibility index (Phi) is 7.35. The van der Waals surface area contributed by atoms with Crippen LogP contribution in [0, 0.1) is 0 Å². The largest absolute Gasteiger partial charge is 0.573 e. The smallest absolute Gasteiger partial charge is 0.473 e. The fraction of sp³-hybridized carbons (Fsp3) is 0.107. The van der Waals surface area contributed by atoms with Crippen LogP contribution in [0.5, 0.6) is 17.5 Å². The number of rotatable bonds is 9. The van der Waals surface area contributed by atoms with Gasteiger partial charge < -0.3 is 14.2 Å². The Morgan fingerprint density at radius 3 is 1.97 bits per heavy atom. The van der Waals surface area contributed by atoms with Crippen LogP contribution in [0.15, 0.2) is 97.6 Å². The Morgan fingerprint density at radius 2 is 1.37 bits per heavy atom. The van der Waals surface area contributed by atoms with Crippen LogP contribution in [0.1, 0.15) is 16.7 Å². The summed E-state index contributed by atoms with van der Waals surface area (Å²) in [5.41, 5.74) is 3.40. The molecule has 0 radical (unpaired) electrons. The van der Waals surface area contributed by atoms with Crippen molar-refractivity contribution in [2.24, 2.45) is 0 Å². The normalized spacial score (nSPS) is 11.1. The van der Waals surface area contributed by atoms with E-state index in [0.29, 0.717) is 29.2 Å². The van der Waals surface area contributed by atoms with Gasteiger partial charge in [0.25, 0.3) is 0 Å². The molecule has 0 saturated carbocycles. The Labute approximate surface area is 201 Å². The molecule has 0 unspecified atom stereocenters. The fourth-order valence-corrected chi connectivity index (χ4v) is 3.42. The molecular formula is C28H22F3NO3. The lowest BCUT2D eigenvalue weighted by Gasteiger charge is -2.16. The van der Waals surface area contributed by atoms with Crippen molar-refractivity contribution in [1.82, 2.24) is 4.98 Å². The van der Waals surface area contributed by atoms with E-state index >= 15 is 0 Å². The first-order valence-electron chi connectivity index (χ1n) is 10.8. The van der Waals surface area contributed by atoms with E-state index in [2.05, 4.69) is 16.3 Å². The van der Waals surface area contributed by atoms with E-state index in [1.165, 1.54) is 18.2 Å². The lowest BCUT2D eigenvalue weighted by Crippen LogP contribution is -2.17. The average Bonchev–Trinajstić information content (AvgIpc) is 2.86. The van der Waals surface area contributed by atoms with Crippen molar-refractivity contribution < 1.29 is 27.4 Å². The highest BCUT2D eigenvalue weighted by molar-refractivity contribution is 5.79. The van der Waals surface area contributed by atoms with Crippen LogP contribution in [0.2, 0.25) is 0 Å². The molecule has 0 aliphatic rings. The molecular weight excluding hydrogens is 455 g/mol. The van der Waals surface area contributed by atoms with Gasteiger partial charge in [0.15, 0.2) is 0 Å². The highest BCUT2D eigenvalue weighted by Gasteiger charge is 2.31. The van der Waals surface area contributed by atoms with Crippen molar-refractivity contribution in [3.05, 3.63) is 114 Å². The number of alkyl halides is 3. The van der Waals surface area contributed by atoms with Crippen LogP contribution < -0.4 is 14.2 Å². The van der Waals surface area contributed by atoms with Crippen LogP contribution in [0.4, 0.5) is 13.2 Å². The first-order chi connectivity index (χ1) is 16.9. The molecule has 0 saturated heterocycles. The minimum absolute atomic E-state index is 0.213. The number of nitrogens with zero attached hydrogens (tertiary/aromatic N) is 1. The number of ether oxygens (including phenoxy) is 3. The van der Waals surface area contributed by atoms with E-state index in [1.807, 2.05) is 60.7 Å². The third kappa shape index (κ3) is 6.63. The Bertz CT molecular complexity index is 1280. The van der Waals surface area contributed by atoms with Gasteiger partial charge in [0.05, 0.1) is 0 Å². The zero-order valence-electron chi connectivity index (χ0n) is 18.7. The molecule has 4 nitrogen and oxygen atoms in total. The number of benzene rings is 3. The standard InChI is InChI=1S/C28H22F3NO3/c1-2-22-13-14-23(35-28(29,30)31)17-25(22)24-15-16-26(33-18-20-9-5-3-6-10-20)32-27(24)34-19-21-11-7-4-8-12-21/h2-17H,1,18-19H2. The maximum atomic E-state index is 12.8. The molecule has 0 N–H and O–H groups in total. The van der Waals surface area contributed by atoms with E-state index in [4.69, 9.17) is 9.47 Å². The van der Waals surface area contributed by atoms with Crippen molar-refractivity contribution in [2.45, 2.75) is 19.6 Å². The fourth-order valence-electron chi connectivity index (χ4n) is 3.42. The summed E-state index contributed by atoms with van der Waals surface area (Å²) in [6, 6.07) is 26.5. The molecule has 0 aliphatic carbocycles. The average molecular weight is 477 g/mol. The van der Waals surface area contributed by atoms with Crippen LogP contribution in [-0.2, 0) is 13.2 Å².